The fraction of sp³-hybridized carbons (Fsp3) is 0.368. The number of benzene rings is 1. The lowest BCUT2D eigenvalue weighted by Gasteiger charge is -2.35. The molecule has 1 aromatic heterocycles. The fourth-order valence-corrected chi connectivity index (χ4v) is 3.61. The second-order valence-electron chi connectivity index (χ2n) is 6.66. The first-order valence-corrected chi connectivity index (χ1v) is 8.73. The number of H-pyrrole nitrogens is 1. The fourth-order valence-electron chi connectivity index (χ4n) is 3.61. The summed E-state index contributed by atoms with van der Waals surface area (Å²) >= 11 is 0. The van der Waals surface area contributed by atoms with Crippen molar-refractivity contribution in [2.75, 3.05) is 18.0 Å². The number of hydrogen-bond acceptors (Lipinski definition) is 3. The van der Waals surface area contributed by atoms with Crippen LogP contribution in [0.1, 0.15) is 35.8 Å². The Hall–Kier alpha value is -3.15. The average Bonchev–Trinajstić information content (AvgIpc) is 2.91. The number of nitrogens with zero attached hydrogens (tertiary/aromatic N) is 1. The van der Waals surface area contributed by atoms with Crippen molar-refractivity contribution in [2.24, 2.45) is 5.73 Å². The van der Waals surface area contributed by atoms with Gasteiger partial charge in [0, 0.05) is 24.8 Å². The number of fused-ring (bicyclic) bond motifs is 1. The van der Waals surface area contributed by atoms with Gasteiger partial charge in [-0.15, -0.1) is 0 Å². The molecule has 9 heteroatoms. The van der Waals surface area contributed by atoms with Gasteiger partial charge in [-0.3, -0.25) is 9.59 Å². The predicted molar refractivity (Wildman–Crippen MR) is 98.3 cm³/mol. The van der Waals surface area contributed by atoms with Gasteiger partial charge in [0.1, 0.15) is 5.56 Å². The van der Waals surface area contributed by atoms with Gasteiger partial charge in [0.25, 0.3) is 11.8 Å². The number of aromatic amines is 1. The molecule has 1 aliphatic rings. The van der Waals surface area contributed by atoms with Crippen LogP contribution in [0, 0.1) is 36.2 Å². The first-order chi connectivity index (χ1) is 13.3. The number of rotatable bonds is 3. The second-order valence-corrected chi connectivity index (χ2v) is 6.66. The van der Waals surface area contributed by atoms with Crippen LogP contribution < -0.4 is 16.0 Å². The quantitative estimate of drug-likeness (QED) is 0.699. The summed E-state index contributed by atoms with van der Waals surface area (Å²) in [6.07, 6.45) is 1.19. The van der Waals surface area contributed by atoms with E-state index in [1.807, 2.05) is 0 Å². The Labute approximate surface area is 159 Å². The largest absolute Gasteiger partial charge is 0.366 e. The van der Waals surface area contributed by atoms with E-state index in [1.165, 1.54) is 18.7 Å². The smallest absolute Gasteiger partial charge is 0.296 e. The van der Waals surface area contributed by atoms with E-state index >= 15 is 0 Å². The maximum atomic E-state index is 14.9. The van der Waals surface area contributed by atoms with Gasteiger partial charge >= 0.3 is 0 Å². The normalized spacial score (nSPS) is 16.6. The third-order valence-electron chi connectivity index (χ3n) is 4.78. The number of nitrogens with two attached hydrogens (primary N) is 1. The van der Waals surface area contributed by atoms with E-state index in [2.05, 4.69) is 22.1 Å². The molecule has 0 radical (unpaired) electrons. The molecule has 4 N–H and O–H groups in total. The number of carbonyl (C=O) groups excluding carboxylic acids is 2. The highest BCUT2D eigenvalue weighted by Crippen LogP contribution is 2.38. The lowest BCUT2D eigenvalue weighted by Crippen LogP contribution is -2.48. The van der Waals surface area contributed by atoms with Gasteiger partial charge < -0.3 is 20.9 Å². The van der Waals surface area contributed by atoms with Crippen molar-refractivity contribution in [3.8, 4) is 11.8 Å². The number of anilines is 1. The topological polar surface area (TPSA) is 91.2 Å². The van der Waals surface area contributed by atoms with E-state index < -0.39 is 34.8 Å². The minimum atomic E-state index is -1.43. The average molecular weight is 392 g/mol. The van der Waals surface area contributed by atoms with Crippen molar-refractivity contribution in [3.63, 3.8) is 0 Å². The SMILES string of the molecule is CC#CC(=O)N[C@H]1CCCN(c2c(F)c(F)c(C(N)=O)c3[nH]c(C)c(F)c23)C1. The predicted octanol–water partition coefficient (Wildman–Crippen LogP) is 2.10. The number of primary amides is 1. The van der Waals surface area contributed by atoms with E-state index in [-0.39, 0.29) is 34.9 Å². The van der Waals surface area contributed by atoms with Crippen LogP contribution in [0.25, 0.3) is 10.9 Å². The third kappa shape index (κ3) is 3.26. The summed E-state index contributed by atoms with van der Waals surface area (Å²) in [6.45, 7) is 3.39. The molecule has 148 valence electrons. The molecule has 0 aliphatic carbocycles. The molecule has 1 aromatic carbocycles. The van der Waals surface area contributed by atoms with Gasteiger partial charge in [-0.05, 0) is 32.6 Å². The van der Waals surface area contributed by atoms with Gasteiger partial charge in [0.15, 0.2) is 17.5 Å². The molecule has 2 aromatic rings. The molecule has 2 heterocycles. The standard InChI is InChI=1S/C19H19F3N4O2/c1-3-5-11(27)25-10-6-4-7-26(8-10)18-12-14(20)9(2)24-17(12)13(19(23)28)15(21)16(18)22/h10,24H,4,6-8H2,1-2H3,(H2,23,28)(H,25,27)/t10-/m0/s1. The second kappa shape index (κ2) is 7.46. The molecular formula is C19H19F3N4O2. The molecule has 1 saturated heterocycles. The number of aromatic nitrogens is 1. The molecule has 2 amide bonds. The zero-order chi connectivity index (χ0) is 20.6. The van der Waals surface area contributed by atoms with Crippen LogP contribution in [0.2, 0.25) is 0 Å². The Bertz CT molecular complexity index is 1040. The molecule has 0 spiro atoms. The molecule has 6 nitrogen and oxygen atoms in total. The summed E-state index contributed by atoms with van der Waals surface area (Å²) in [4.78, 5) is 27.4. The van der Waals surface area contributed by atoms with Crippen molar-refractivity contribution in [2.45, 2.75) is 32.7 Å². The van der Waals surface area contributed by atoms with Crippen LogP contribution in [-0.4, -0.2) is 35.9 Å². The molecule has 1 atom stereocenters. The van der Waals surface area contributed by atoms with Crippen LogP contribution >= 0.6 is 0 Å². The van der Waals surface area contributed by atoms with Gasteiger partial charge in [0.05, 0.1) is 16.6 Å². The number of aryl methyl sites for hydroxylation is 1. The number of carbonyl (C=O) groups is 2. The van der Waals surface area contributed by atoms with Crippen molar-refractivity contribution < 1.29 is 22.8 Å². The van der Waals surface area contributed by atoms with Crippen LogP contribution in [0.4, 0.5) is 18.9 Å². The van der Waals surface area contributed by atoms with Crippen molar-refractivity contribution in [1.82, 2.24) is 10.3 Å². The Morgan fingerprint density at radius 3 is 2.61 bits per heavy atom. The number of piperidine rings is 1. The summed E-state index contributed by atoms with van der Waals surface area (Å²) < 4.78 is 44.3. The van der Waals surface area contributed by atoms with E-state index in [9.17, 15) is 22.8 Å². The lowest BCUT2D eigenvalue weighted by molar-refractivity contribution is -0.116. The molecule has 0 saturated carbocycles. The highest BCUT2D eigenvalue weighted by atomic mass is 19.2. The monoisotopic (exact) mass is 392 g/mol. The van der Waals surface area contributed by atoms with Crippen molar-refractivity contribution >= 4 is 28.4 Å². The highest BCUT2D eigenvalue weighted by molar-refractivity contribution is 6.09. The Morgan fingerprint density at radius 2 is 1.96 bits per heavy atom. The van der Waals surface area contributed by atoms with Crippen molar-refractivity contribution in [1.29, 1.82) is 0 Å². The van der Waals surface area contributed by atoms with Gasteiger partial charge in [-0.1, -0.05) is 5.92 Å². The van der Waals surface area contributed by atoms with Crippen LogP contribution in [0.3, 0.4) is 0 Å². The summed E-state index contributed by atoms with van der Waals surface area (Å²) in [6, 6.07) is -0.362. The van der Waals surface area contributed by atoms with Crippen molar-refractivity contribution in [3.05, 3.63) is 28.7 Å². The summed E-state index contributed by atoms with van der Waals surface area (Å²) in [7, 11) is 0. The van der Waals surface area contributed by atoms with Gasteiger partial charge in [-0.2, -0.15) is 0 Å². The van der Waals surface area contributed by atoms with E-state index in [1.54, 1.807) is 0 Å². The number of halogens is 3. The molecular weight excluding hydrogens is 373 g/mol. The van der Waals surface area contributed by atoms with Crippen LogP contribution in [0.15, 0.2) is 0 Å². The zero-order valence-corrected chi connectivity index (χ0v) is 15.4. The minimum Gasteiger partial charge on any atom is -0.366 e. The van der Waals surface area contributed by atoms with Crippen LogP contribution in [-0.2, 0) is 4.79 Å². The van der Waals surface area contributed by atoms with E-state index in [0.29, 0.717) is 19.4 Å². The summed E-state index contributed by atoms with van der Waals surface area (Å²) in [5.41, 5.74) is 4.02. The zero-order valence-electron chi connectivity index (χ0n) is 15.4. The Balaban J connectivity index is 2.11. The molecule has 0 bridgehead atoms. The van der Waals surface area contributed by atoms with E-state index in [0.717, 1.165) is 0 Å². The Morgan fingerprint density at radius 1 is 1.25 bits per heavy atom. The molecule has 28 heavy (non-hydrogen) atoms. The number of amides is 2. The summed E-state index contributed by atoms with van der Waals surface area (Å²) in [5.74, 6) is -0.387. The van der Waals surface area contributed by atoms with Gasteiger partial charge in [0.2, 0.25) is 0 Å². The first kappa shape index (κ1) is 19.6. The highest BCUT2D eigenvalue weighted by Gasteiger charge is 2.32. The molecule has 3 rings (SSSR count). The Kier molecular flexibility index (Phi) is 5.23. The molecule has 1 aliphatic heterocycles. The maximum Gasteiger partial charge on any atom is 0.296 e. The molecule has 0 unspecified atom stereocenters. The first-order valence-electron chi connectivity index (χ1n) is 8.73. The van der Waals surface area contributed by atoms with Gasteiger partial charge in [-0.25, -0.2) is 13.2 Å². The third-order valence-corrected chi connectivity index (χ3v) is 4.78. The number of nitrogens with one attached hydrogen (secondary N) is 2. The molecule has 1 fully saturated rings. The van der Waals surface area contributed by atoms with E-state index in [4.69, 9.17) is 5.73 Å². The number of hydrogen-bond donors (Lipinski definition) is 3. The summed E-state index contributed by atoms with van der Waals surface area (Å²) in [5, 5.41) is 2.47. The van der Waals surface area contributed by atoms with Crippen LogP contribution in [0.5, 0.6) is 0 Å². The lowest BCUT2D eigenvalue weighted by atomic mass is 10.0. The minimum absolute atomic E-state index is 0.0313. The maximum absolute atomic E-state index is 14.9.